The molecule has 1 aliphatic heterocycles. The molecule has 130 valence electrons. The first-order valence-corrected chi connectivity index (χ1v) is 8.00. The fourth-order valence-corrected chi connectivity index (χ4v) is 2.99. The smallest absolute Gasteiger partial charge is 0.304 e. The molecule has 0 bridgehead atoms. The van der Waals surface area contributed by atoms with Crippen LogP contribution in [0.15, 0.2) is 24.3 Å². The molecule has 0 radical (unpaired) electrons. The second-order valence-corrected chi connectivity index (χ2v) is 6.29. The van der Waals surface area contributed by atoms with Crippen molar-refractivity contribution < 1.29 is 13.2 Å². The minimum Gasteiger partial charge on any atom is -0.304 e. The van der Waals surface area contributed by atoms with Gasteiger partial charge in [0.15, 0.2) is 4.77 Å². The summed E-state index contributed by atoms with van der Waals surface area (Å²) in [6.45, 7) is 4.22. The van der Waals surface area contributed by atoms with Crippen LogP contribution in [0.1, 0.15) is 11.4 Å². The molecule has 1 N–H and O–H groups in total. The SMILES string of the molecule is CN1CCN(Cc2n[nH]c(=S)n2-c2cccc(C(F)(F)F)c2)CC1. The van der Waals surface area contributed by atoms with Crippen LogP contribution in [0.3, 0.4) is 0 Å². The fourth-order valence-electron chi connectivity index (χ4n) is 2.73. The summed E-state index contributed by atoms with van der Waals surface area (Å²) in [5, 5.41) is 6.90. The van der Waals surface area contributed by atoms with Crippen molar-refractivity contribution in [3.8, 4) is 5.69 Å². The van der Waals surface area contributed by atoms with E-state index >= 15 is 0 Å². The second-order valence-electron chi connectivity index (χ2n) is 5.91. The third kappa shape index (κ3) is 3.68. The molecule has 0 saturated carbocycles. The van der Waals surface area contributed by atoms with Crippen molar-refractivity contribution in [2.24, 2.45) is 0 Å². The highest BCUT2D eigenvalue weighted by Gasteiger charge is 2.30. The van der Waals surface area contributed by atoms with Gasteiger partial charge >= 0.3 is 6.18 Å². The molecule has 3 rings (SSSR count). The molecule has 1 aromatic heterocycles. The average molecular weight is 357 g/mol. The highest BCUT2D eigenvalue weighted by molar-refractivity contribution is 7.71. The van der Waals surface area contributed by atoms with Crippen LogP contribution >= 0.6 is 12.2 Å². The summed E-state index contributed by atoms with van der Waals surface area (Å²) in [4.78, 5) is 4.45. The summed E-state index contributed by atoms with van der Waals surface area (Å²) >= 11 is 5.21. The van der Waals surface area contributed by atoms with Crippen LogP contribution in [0, 0.1) is 4.77 Å². The number of likely N-dealkylation sites (N-methyl/N-ethyl adjacent to an activating group) is 1. The lowest BCUT2D eigenvalue weighted by molar-refractivity contribution is -0.137. The van der Waals surface area contributed by atoms with E-state index in [4.69, 9.17) is 12.2 Å². The summed E-state index contributed by atoms with van der Waals surface area (Å²) in [6, 6.07) is 5.13. The first-order chi connectivity index (χ1) is 11.3. The van der Waals surface area contributed by atoms with E-state index in [0.717, 1.165) is 38.3 Å². The van der Waals surface area contributed by atoms with Gasteiger partial charge in [-0.1, -0.05) is 6.07 Å². The third-order valence-electron chi connectivity index (χ3n) is 4.13. The topological polar surface area (TPSA) is 40.1 Å². The molecular weight excluding hydrogens is 339 g/mol. The summed E-state index contributed by atoms with van der Waals surface area (Å²) in [7, 11) is 2.07. The lowest BCUT2D eigenvalue weighted by Gasteiger charge is -2.31. The van der Waals surface area contributed by atoms with Crippen molar-refractivity contribution >= 4 is 12.2 Å². The van der Waals surface area contributed by atoms with Crippen molar-refractivity contribution in [2.45, 2.75) is 12.7 Å². The molecule has 1 aromatic carbocycles. The van der Waals surface area contributed by atoms with Gasteiger partial charge in [0.25, 0.3) is 0 Å². The summed E-state index contributed by atoms with van der Waals surface area (Å²) in [6.07, 6.45) is -4.39. The quantitative estimate of drug-likeness (QED) is 0.858. The Labute approximate surface area is 142 Å². The molecule has 1 fully saturated rings. The van der Waals surface area contributed by atoms with Gasteiger partial charge in [0, 0.05) is 26.2 Å². The molecule has 9 heteroatoms. The van der Waals surface area contributed by atoms with Crippen LogP contribution < -0.4 is 0 Å². The van der Waals surface area contributed by atoms with Crippen molar-refractivity contribution in [1.82, 2.24) is 24.6 Å². The van der Waals surface area contributed by atoms with E-state index < -0.39 is 11.7 Å². The van der Waals surface area contributed by atoms with E-state index in [1.807, 2.05) is 0 Å². The minimum atomic E-state index is -4.39. The number of nitrogens with one attached hydrogen (secondary N) is 1. The van der Waals surface area contributed by atoms with E-state index in [-0.39, 0.29) is 0 Å². The Kier molecular flexibility index (Phi) is 4.75. The molecule has 0 spiro atoms. The standard InChI is InChI=1S/C15H18F3N5S/c1-21-5-7-22(8-6-21)10-13-19-20-14(24)23(13)12-4-2-3-11(9-12)15(16,17)18/h2-4,9H,5-8,10H2,1H3,(H,20,24). The van der Waals surface area contributed by atoms with Crippen LogP contribution in [0.25, 0.3) is 5.69 Å². The van der Waals surface area contributed by atoms with Gasteiger partial charge < -0.3 is 4.90 Å². The van der Waals surface area contributed by atoms with Crippen LogP contribution in [0.4, 0.5) is 13.2 Å². The number of rotatable bonds is 3. The predicted molar refractivity (Wildman–Crippen MR) is 86.5 cm³/mol. The molecule has 1 saturated heterocycles. The summed E-state index contributed by atoms with van der Waals surface area (Å²) < 4.78 is 40.7. The monoisotopic (exact) mass is 357 g/mol. The van der Waals surface area contributed by atoms with Gasteiger partial charge in [-0.05, 0) is 37.5 Å². The van der Waals surface area contributed by atoms with Crippen molar-refractivity contribution in [3.05, 3.63) is 40.4 Å². The van der Waals surface area contributed by atoms with Gasteiger partial charge in [0.2, 0.25) is 0 Å². The Bertz CT molecular complexity index is 759. The Morgan fingerprint density at radius 1 is 1.21 bits per heavy atom. The Morgan fingerprint density at radius 3 is 2.58 bits per heavy atom. The van der Waals surface area contributed by atoms with E-state index in [9.17, 15) is 13.2 Å². The van der Waals surface area contributed by atoms with Crippen LogP contribution in [0.2, 0.25) is 0 Å². The zero-order valence-corrected chi connectivity index (χ0v) is 14.0. The number of H-pyrrole nitrogens is 1. The number of aromatic nitrogens is 3. The number of nitrogens with zero attached hydrogens (tertiary/aromatic N) is 4. The maximum Gasteiger partial charge on any atom is 0.416 e. The van der Waals surface area contributed by atoms with Crippen molar-refractivity contribution in [2.75, 3.05) is 33.2 Å². The second kappa shape index (κ2) is 6.66. The van der Waals surface area contributed by atoms with Gasteiger partial charge in [0.1, 0.15) is 5.82 Å². The third-order valence-corrected chi connectivity index (χ3v) is 4.41. The molecule has 24 heavy (non-hydrogen) atoms. The molecule has 0 atom stereocenters. The number of piperazine rings is 1. The van der Waals surface area contributed by atoms with E-state index in [0.29, 0.717) is 22.8 Å². The largest absolute Gasteiger partial charge is 0.416 e. The van der Waals surface area contributed by atoms with Crippen molar-refractivity contribution in [3.63, 3.8) is 0 Å². The minimum absolute atomic E-state index is 0.290. The number of aromatic amines is 1. The average Bonchev–Trinajstić information content (AvgIpc) is 2.89. The molecule has 0 amide bonds. The van der Waals surface area contributed by atoms with Gasteiger partial charge in [-0.25, -0.2) is 0 Å². The Balaban J connectivity index is 1.89. The van der Waals surface area contributed by atoms with Crippen LogP contribution in [-0.4, -0.2) is 57.8 Å². The molecular formula is C15H18F3N5S. The van der Waals surface area contributed by atoms with Crippen LogP contribution in [0.5, 0.6) is 0 Å². The van der Waals surface area contributed by atoms with Crippen LogP contribution in [-0.2, 0) is 12.7 Å². The van der Waals surface area contributed by atoms with Gasteiger partial charge in [0.05, 0.1) is 17.8 Å². The summed E-state index contributed by atoms with van der Waals surface area (Å²) in [5.74, 6) is 0.615. The highest BCUT2D eigenvalue weighted by Crippen LogP contribution is 2.30. The zero-order valence-electron chi connectivity index (χ0n) is 13.2. The molecule has 2 heterocycles. The first-order valence-electron chi connectivity index (χ1n) is 7.59. The van der Waals surface area contributed by atoms with E-state index in [1.54, 1.807) is 10.6 Å². The number of halogens is 3. The highest BCUT2D eigenvalue weighted by atomic mass is 32.1. The summed E-state index contributed by atoms with van der Waals surface area (Å²) in [5.41, 5.74) is -0.332. The first kappa shape index (κ1) is 17.1. The van der Waals surface area contributed by atoms with Gasteiger partial charge in [-0.2, -0.15) is 18.3 Å². The Hall–Kier alpha value is -1.71. The number of hydrogen-bond donors (Lipinski definition) is 1. The van der Waals surface area contributed by atoms with Gasteiger partial charge in [-0.3, -0.25) is 14.6 Å². The van der Waals surface area contributed by atoms with E-state index in [1.165, 1.54) is 6.07 Å². The predicted octanol–water partition coefficient (Wildman–Crippen LogP) is 2.70. The van der Waals surface area contributed by atoms with Crippen molar-refractivity contribution in [1.29, 1.82) is 0 Å². The molecule has 1 aliphatic rings. The molecule has 0 aliphatic carbocycles. The fraction of sp³-hybridized carbons (Fsp3) is 0.467. The maximum absolute atomic E-state index is 12.9. The lowest BCUT2D eigenvalue weighted by atomic mass is 10.2. The molecule has 5 nitrogen and oxygen atoms in total. The lowest BCUT2D eigenvalue weighted by Crippen LogP contribution is -2.44. The number of benzene rings is 1. The molecule has 0 unspecified atom stereocenters. The Morgan fingerprint density at radius 2 is 1.92 bits per heavy atom. The van der Waals surface area contributed by atoms with Gasteiger partial charge in [-0.15, -0.1) is 0 Å². The number of alkyl halides is 3. The maximum atomic E-state index is 12.9. The zero-order chi connectivity index (χ0) is 17.3. The van der Waals surface area contributed by atoms with E-state index in [2.05, 4.69) is 27.0 Å². The molecule has 2 aromatic rings. The normalized spacial score (nSPS) is 17.3. The number of hydrogen-bond acceptors (Lipinski definition) is 4.